The van der Waals surface area contributed by atoms with Crippen molar-refractivity contribution >= 4 is 36.6 Å². The third-order valence-electron chi connectivity index (χ3n) is 1.83. The Morgan fingerprint density at radius 2 is 1.79 bits per heavy atom. The van der Waals surface area contributed by atoms with Gasteiger partial charge in [-0.2, -0.15) is 0 Å². The quantitative estimate of drug-likeness (QED) is 0.337. The minimum Gasteiger partial charge on any atom is -0.313 e. The standard InChI is InChI=1S/C9H9Cl2NO2.H4NO3P/c10-6-5-9(11)7-1-3-8(4-2-7)12(13)14;1-5(2,3)4/h1-4,9H,5-6H2;(H4,1,2,3,4). The Labute approximate surface area is 119 Å². The second kappa shape index (κ2) is 8.47. The van der Waals surface area contributed by atoms with E-state index in [9.17, 15) is 10.1 Å². The molecule has 0 heterocycles. The number of rotatable bonds is 4. The van der Waals surface area contributed by atoms with Crippen LogP contribution in [-0.4, -0.2) is 20.6 Å². The highest BCUT2D eigenvalue weighted by atomic mass is 35.5. The molecule has 0 aliphatic carbocycles. The SMILES string of the molecule is NP(=O)(O)O.O=[N+]([O-])c1ccc(C(Cl)CCCl)cc1. The molecule has 1 atom stereocenters. The third kappa shape index (κ3) is 9.84. The molecule has 0 saturated heterocycles. The van der Waals surface area contributed by atoms with Gasteiger partial charge in [0, 0.05) is 18.0 Å². The summed E-state index contributed by atoms with van der Waals surface area (Å²) in [5.74, 6) is 0.477. The molecule has 4 N–H and O–H groups in total. The van der Waals surface area contributed by atoms with E-state index in [4.69, 9.17) is 37.6 Å². The highest BCUT2D eigenvalue weighted by Gasteiger charge is 2.09. The molecule has 0 spiro atoms. The summed E-state index contributed by atoms with van der Waals surface area (Å²) in [6.45, 7) is 0. The molecular formula is C9H13Cl2N2O5P. The molecule has 7 nitrogen and oxygen atoms in total. The molecule has 1 unspecified atom stereocenters. The summed E-state index contributed by atoms with van der Waals surface area (Å²) in [7, 11) is -4.14. The Hall–Kier alpha value is -0.690. The topological polar surface area (TPSA) is 127 Å². The number of nitrogens with zero attached hydrogens (tertiary/aromatic N) is 1. The predicted octanol–water partition coefficient (Wildman–Crippen LogP) is 2.54. The van der Waals surface area contributed by atoms with Crippen LogP contribution < -0.4 is 5.50 Å². The van der Waals surface area contributed by atoms with E-state index in [1.165, 1.54) is 12.1 Å². The van der Waals surface area contributed by atoms with Crippen molar-refractivity contribution in [2.24, 2.45) is 5.50 Å². The van der Waals surface area contributed by atoms with Crippen molar-refractivity contribution in [1.82, 2.24) is 0 Å². The minimum absolute atomic E-state index is 0.0727. The van der Waals surface area contributed by atoms with Crippen molar-refractivity contribution in [1.29, 1.82) is 0 Å². The van der Waals surface area contributed by atoms with Crippen molar-refractivity contribution in [3.8, 4) is 0 Å². The van der Waals surface area contributed by atoms with Crippen LogP contribution in [0.25, 0.3) is 0 Å². The zero-order chi connectivity index (χ0) is 15.1. The first-order valence-corrected chi connectivity index (χ1v) is 7.59. The number of benzene rings is 1. The number of alkyl halides is 2. The van der Waals surface area contributed by atoms with E-state index in [1.54, 1.807) is 12.1 Å². The molecule has 19 heavy (non-hydrogen) atoms. The second-order valence-electron chi connectivity index (χ2n) is 3.38. The first kappa shape index (κ1) is 18.3. The van der Waals surface area contributed by atoms with Crippen LogP contribution in [0.3, 0.4) is 0 Å². The summed E-state index contributed by atoms with van der Waals surface area (Å²) in [5, 5.41) is 10.2. The van der Waals surface area contributed by atoms with E-state index < -0.39 is 12.7 Å². The average Bonchev–Trinajstić information content (AvgIpc) is 2.27. The molecule has 0 aromatic heterocycles. The van der Waals surface area contributed by atoms with E-state index in [0.29, 0.717) is 12.3 Å². The number of hydrogen-bond acceptors (Lipinski definition) is 3. The van der Waals surface area contributed by atoms with Crippen LogP contribution in [0.4, 0.5) is 5.69 Å². The van der Waals surface area contributed by atoms with Gasteiger partial charge in [0.1, 0.15) is 0 Å². The lowest BCUT2D eigenvalue weighted by Crippen LogP contribution is -1.93. The van der Waals surface area contributed by atoms with Gasteiger partial charge in [0.05, 0.1) is 10.3 Å². The van der Waals surface area contributed by atoms with Crippen molar-refractivity contribution in [3.63, 3.8) is 0 Å². The van der Waals surface area contributed by atoms with E-state index in [2.05, 4.69) is 5.50 Å². The Kier molecular flexibility index (Phi) is 8.17. The van der Waals surface area contributed by atoms with Crippen LogP contribution in [0, 0.1) is 10.1 Å². The summed E-state index contributed by atoms with van der Waals surface area (Å²) < 4.78 is 9.10. The minimum atomic E-state index is -4.14. The average molecular weight is 331 g/mol. The number of non-ortho nitro benzene ring substituents is 1. The molecule has 0 fully saturated rings. The lowest BCUT2D eigenvalue weighted by molar-refractivity contribution is -0.384. The van der Waals surface area contributed by atoms with Gasteiger partial charge in [-0.1, -0.05) is 12.1 Å². The van der Waals surface area contributed by atoms with Crippen LogP contribution in [0.15, 0.2) is 24.3 Å². The van der Waals surface area contributed by atoms with Crippen LogP contribution >= 0.6 is 30.9 Å². The van der Waals surface area contributed by atoms with E-state index >= 15 is 0 Å². The number of hydrogen-bond donors (Lipinski definition) is 3. The van der Waals surface area contributed by atoms with Gasteiger partial charge in [-0.3, -0.25) is 10.1 Å². The highest BCUT2D eigenvalue weighted by molar-refractivity contribution is 7.49. The van der Waals surface area contributed by atoms with Gasteiger partial charge >= 0.3 is 7.75 Å². The smallest absolute Gasteiger partial charge is 0.313 e. The van der Waals surface area contributed by atoms with Gasteiger partial charge < -0.3 is 9.79 Å². The highest BCUT2D eigenvalue weighted by Crippen LogP contribution is 2.26. The van der Waals surface area contributed by atoms with Crippen molar-refractivity contribution < 1.29 is 19.3 Å². The molecule has 10 heteroatoms. The molecular weight excluding hydrogens is 318 g/mol. The first-order chi connectivity index (χ1) is 8.65. The summed E-state index contributed by atoms with van der Waals surface area (Å²) in [6.07, 6.45) is 0.654. The molecule has 0 aliphatic heterocycles. The largest absolute Gasteiger partial charge is 0.397 e. The summed E-state index contributed by atoms with van der Waals surface area (Å²) >= 11 is 11.5. The second-order valence-corrected chi connectivity index (χ2v) is 5.47. The lowest BCUT2D eigenvalue weighted by Gasteiger charge is -2.06. The Bertz CT molecular complexity index is 442. The third-order valence-corrected chi connectivity index (χ3v) is 2.52. The maximum Gasteiger partial charge on any atom is 0.397 e. The number of halogens is 2. The molecule has 1 aromatic rings. The Morgan fingerprint density at radius 1 is 1.37 bits per heavy atom. The van der Waals surface area contributed by atoms with Gasteiger partial charge in [0.25, 0.3) is 5.69 Å². The number of nitro groups is 1. The lowest BCUT2D eigenvalue weighted by atomic mass is 10.1. The molecule has 0 aliphatic rings. The number of nitrogens with two attached hydrogens (primary N) is 1. The monoisotopic (exact) mass is 330 g/mol. The molecule has 1 rings (SSSR count). The van der Waals surface area contributed by atoms with E-state index in [0.717, 1.165) is 5.56 Å². The van der Waals surface area contributed by atoms with Crippen LogP contribution in [0.1, 0.15) is 17.4 Å². The Morgan fingerprint density at radius 3 is 2.11 bits per heavy atom. The molecule has 0 saturated carbocycles. The molecule has 108 valence electrons. The molecule has 0 radical (unpaired) electrons. The zero-order valence-corrected chi connectivity index (χ0v) is 12.1. The molecule has 0 bridgehead atoms. The van der Waals surface area contributed by atoms with Gasteiger partial charge in [-0.15, -0.1) is 23.2 Å². The maximum absolute atomic E-state index is 10.4. The van der Waals surface area contributed by atoms with Crippen molar-refractivity contribution in [3.05, 3.63) is 39.9 Å². The predicted molar refractivity (Wildman–Crippen MR) is 73.3 cm³/mol. The van der Waals surface area contributed by atoms with Crippen molar-refractivity contribution in [2.75, 3.05) is 5.88 Å². The Balaban J connectivity index is 0.000000555. The van der Waals surface area contributed by atoms with Crippen molar-refractivity contribution in [2.45, 2.75) is 11.8 Å². The number of nitro benzene ring substituents is 1. The van der Waals surface area contributed by atoms with Gasteiger partial charge in [0.2, 0.25) is 0 Å². The van der Waals surface area contributed by atoms with Gasteiger partial charge in [-0.25, -0.2) is 10.1 Å². The van der Waals surface area contributed by atoms with Gasteiger partial charge in [0.15, 0.2) is 0 Å². The summed E-state index contributed by atoms with van der Waals surface area (Å²) in [4.78, 5) is 24.7. The van der Waals surface area contributed by atoms with Gasteiger partial charge in [-0.05, 0) is 12.0 Å². The van der Waals surface area contributed by atoms with Crippen LogP contribution in [0.2, 0.25) is 0 Å². The molecule has 0 amide bonds. The fraction of sp³-hybridized carbons (Fsp3) is 0.333. The van der Waals surface area contributed by atoms with E-state index in [-0.39, 0.29) is 11.1 Å². The normalized spacial score (nSPS) is 12.3. The summed E-state index contributed by atoms with van der Waals surface area (Å²) in [6, 6.07) is 6.20. The van der Waals surface area contributed by atoms with Crippen LogP contribution in [-0.2, 0) is 4.57 Å². The molecule has 1 aromatic carbocycles. The van der Waals surface area contributed by atoms with Crippen LogP contribution in [0.5, 0.6) is 0 Å². The first-order valence-electron chi connectivity index (χ1n) is 4.93. The maximum atomic E-state index is 10.4. The fourth-order valence-electron chi connectivity index (χ4n) is 1.07. The fourth-order valence-corrected chi connectivity index (χ4v) is 1.65. The van der Waals surface area contributed by atoms with E-state index in [1.807, 2.05) is 0 Å². The summed E-state index contributed by atoms with van der Waals surface area (Å²) in [5.41, 5.74) is 4.95. The zero-order valence-electron chi connectivity index (χ0n) is 9.65.